The third-order valence-corrected chi connectivity index (χ3v) is 2.29. The van der Waals surface area contributed by atoms with E-state index in [4.69, 9.17) is 9.84 Å². The van der Waals surface area contributed by atoms with Crippen molar-refractivity contribution >= 4 is 0 Å². The standard InChI is InChI=1S/C9H20O2/c1-4-9(3,8-10)6-7-11-5-2/h10H,4-8H2,1-3H3. The lowest BCUT2D eigenvalue weighted by Crippen LogP contribution is -2.22. The molecule has 0 spiro atoms. The van der Waals surface area contributed by atoms with Crippen LogP contribution in [0.5, 0.6) is 0 Å². The summed E-state index contributed by atoms with van der Waals surface area (Å²) >= 11 is 0. The summed E-state index contributed by atoms with van der Waals surface area (Å²) in [7, 11) is 0. The van der Waals surface area contributed by atoms with E-state index in [9.17, 15) is 0 Å². The van der Waals surface area contributed by atoms with Crippen molar-refractivity contribution < 1.29 is 9.84 Å². The lowest BCUT2D eigenvalue weighted by Gasteiger charge is -2.24. The van der Waals surface area contributed by atoms with Crippen LogP contribution in [0.2, 0.25) is 0 Å². The van der Waals surface area contributed by atoms with Crippen molar-refractivity contribution in [1.29, 1.82) is 0 Å². The Morgan fingerprint density at radius 2 is 2.00 bits per heavy atom. The fourth-order valence-electron chi connectivity index (χ4n) is 0.831. The van der Waals surface area contributed by atoms with Gasteiger partial charge < -0.3 is 9.84 Å². The molecule has 1 N–H and O–H groups in total. The van der Waals surface area contributed by atoms with Crippen LogP contribution in [0.4, 0.5) is 0 Å². The molecular formula is C9H20O2. The van der Waals surface area contributed by atoms with Gasteiger partial charge in [0.25, 0.3) is 0 Å². The van der Waals surface area contributed by atoms with E-state index in [-0.39, 0.29) is 12.0 Å². The van der Waals surface area contributed by atoms with Crippen molar-refractivity contribution in [2.24, 2.45) is 5.41 Å². The predicted molar refractivity (Wildman–Crippen MR) is 46.6 cm³/mol. The van der Waals surface area contributed by atoms with Crippen LogP contribution in [-0.4, -0.2) is 24.9 Å². The first-order chi connectivity index (χ1) is 5.18. The van der Waals surface area contributed by atoms with Crippen LogP contribution in [-0.2, 0) is 4.74 Å². The number of aliphatic hydroxyl groups is 1. The van der Waals surface area contributed by atoms with Crippen molar-refractivity contribution in [2.75, 3.05) is 19.8 Å². The molecule has 0 heterocycles. The van der Waals surface area contributed by atoms with Gasteiger partial charge in [0.15, 0.2) is 0 Å². The topological polar surface area (TPSA) is 29.5 Å². The monoisotopic (exact) mass is 160 g/mol. The van der Waals surface area contributed by atoms with E-state index in [0.29, 0.717) is 0 Å². The largest absolute Gasteiger partial charge is 0.396 e. The van der Waals surface area contributed by atoms with Gasteiger partial charge in [0.05, 0.1) is 0 Å². The van der Waals surface area contributed by atoms with E-state index in [1.165, 1.54) is 0 Å². The molecule has 68 valence electrons. The number of aliphatic hydroxyl groups excluding tert-OH is 1. The fourth-order valence-corrected chi connectivity index (χ4v) is 0.831. The summed E-state index contributed by atoms with van der Waals surface area (Å²) in [6.45, 7) is 7.97. The molecule has 0 aromatic heterocycles. The van der Waals surface area contributed by atoms with Gasteiger partial charge in [0.1, 0.15) is 0 Å². The molecule has 0 saturated heterocycles. The number of hydrogen-bond donors (Lipinski definition) is 1. The van der Waals surface area contributed by atoms with Gasteiger partial charge in [-0.25, -0.2) is 0 Å². The normalized spacial score (nSPS) is 16.4. The Morgan fingerprint density at radius 3 is 2.36 bits per heavy atom. The molecule has 0 aliphatic rings. The highest BCUT2D eigenvalue weighted by atomic mass is 16.5. The predicted octanol–water partition coefficient (Wildman–Crippen LogP) is 1.82. The van der Waals surface area contributed by atoms with Crippen LogP contribution in [0.25, 0.3) is 0 Å². The summed E-state index contributed by atoms with van der Waals surface area (Å²) in [5, 5.41) is 9.03. The minimum Gasteiger partial charge on any atom is -0.396 e. The van der Waals surface area contributed by atoms with Crippen LogP contribution in [0.15, 0.2) is 0 Å². The Kier molecular flexibility index (Phi) is 5.51. The van der Waals surface area contributed by atoms with Gasteiger partial charge in [-0.3, -0.25) is 0 Å². The number of rotatable bonds is 6. The van der Waals surface area contributed by atoms with Gasteiger partial charge >= 0.3 is 0 Å². The molecule has 0 aliphatic heterocycles. The van der Waals surface area contributed by atoms with E-state index >= 15 is 0 Å². The Labute approximate surface area is 69.6 Å². The van der Waals surface area contributed by atoms with Crippen molar-refractivity contribution in [3.63, 3.8) is 0 Å². The maximum Gasteiger partial charge on any atom is 0.0485 e. The maximum absolute atomic E-state index is 9.03. The lowest BCUT2D eigenvalue weighted by atomic mass is 9.85. The van der Waals surface area contributed by atoms with Crippen LogP contribution in [0, 0.1) is 5.41 Å². The summed E-state index contributed by atoms with van der Waals surface area (Å²) in [4.78, 5) is 0. The molecule has 11 heavy (non-hydrogen) atoms. The highest BCUT2D eigenvalue weighted by Crippen LogP contribution is 2.24. The summed E-state index contributed by atoms with van der Waals surface area (Å²) in [5.74, 6) is 0. The number of ether oxygens (including phenoxy) is 1. The van der Waals surface area contributed by atoms with Crippen LogP contribution in [0.3, 0.4) is 0 Å². The first-order valence-corrected chi connectivity index (χ1v) is 4.37. The second-order valence-corrected chi connectivity index (χ2v) is 3.27. The SMILES string of the molecule is CCOCCC(C)(CC)CO. The highest BCUT2D eigenvalue weighted by Gasteiger charge is 2.19. The smallest absolute Gasteiger partial charge is 0.0485 e. The van der Waals surface area contributed by atoms with Crippen molar-refractivity contribution in [2.45, 2.75) is 33.6 Å². The third-order valence-electron chi connectivity index (χ3n) is 2.29. The molecular weight excluding hydrogens is 140 g/mol. The van der Waals surface area contributed by atoms with E-state index in [1.807, 2.05) is 6.92 Å². The molecule has 0 aliphatic carbocycles. The minimum absolute atomic E-state index is 0.0647. The second-order valence-electron chi connectivity index (χ2n) is 3.27. The molecule has 2 heteroatoms. The first-order valence-electron chi connectivity index (χ1n) is 4.37. The lowest BCUT2D eigenvalue weighted by molar-refractivity contribution is 0.0695. The van der Waals surface area contributed by atoms with Gasteiger partial charge in [-0.2, -0.15) is 0 Å². The molecule has 1 unspecified atom stereocenters. The molecule has 0 aromatic rings. The third kappa shape index (κ3) is 4.38. The van der Waals surface area contributed by atoms with Crippen molar-refractivity contribution in [3.8, 4) is 0 Å². The Balaban J connectivity index is 3.51. The van der Waals surface area contributed by atoms with Gasteiger partial charge in [-0.05, 0) is 25.2 Å². The molecule has 0 saturated carbocycles. The quantitative estimate of drug-likeness (QED) is 0.601. The van der Waals surface area contributed by atoms with E-state index in [1.54, 1.807) is 0 Å². The van der Waals surface area contributed by atoms with Crippen molar-refractivity contribution in [1.82, 2.24) is 0 Å². The Hall–Kier alpha value is -0.0800. The molecule has 0 amide bonds. The molecule has 0 aromatic carbocycles. The highest BCUT2D eigenvalue weighted by molar-refractivity contribution is 4.70. The zero-order valence-corrected chi connectivity index (χ0v) is 7.89. The first kappa shape index (κ1) is 10.9. The zero-order valence-electron chi connectivity index (χ0n) is 7.89. The summed E-state index contributed by atoms with van der Waals surface area (Å²) in [6, 6.07) is 0. The summed E-state index contributed by atoms with van der Waals surface area (Å²) in [5.41, 5.74) is 0.0647. The van der Waals surface area contributed by atoms with Gasteiger partial charge in [-0.15, -0.1) is 0 Å². The molecule has 0 fully saturated rings. The zero-order chi connectivity index (χ0) is 8.74. The van der Waals surface area contributed by atoms with E-state index in [0.717, 1.165) is 26.1 Å². The molecule has 0 bridgehead atoms. The van der Waals surface area contributed by atoms with E-state index < -0.39 is 0 Å². The Bertz CT molecular complexity index is 87.6. The van der Waals surface area contributed by atoms with Gasteiger partial charge in [0.2, 0.25) is 0 Å². The minimum atomic E-state index is 0.0647. The van der Waals surface area contributed by atoms with Crippen LogP contribution in [0.1, 0.15) is 33.6 Å². The summed E-state index contributed by atoms with van der Waals surface area (Å²) < 4.78 is 5.22. The average molecular weight is 160 g/mol. The average Bonchev–Trinajstić information content (AvgIpc) is 2.05. The summed E-state index contributed by atoms with van der Waals surface area (Å²) in [6.07, 6.45) is 1.96. The molecule has 2 nitrogen and oxygen atoms in total. The molecule has 1 atom stereocenters. The molecule has 0 radical (unpaired) electrons. The molecule has 0 rings (SSSR count). The van der Waals surface area contributed by atoms with E-state index in [2.05, 4.69) is 13.8 Å². The van der Waals surface area contributed by atoms with Gasteiger partial charge in [-0.1, -0.05) is 13.8 Å². The fraction of sp³-hybridized carbons (Fsp3) is 1.00. The van der Waals surface area contributed by atoms with Crippen LogP contribution >= 0.6 is 0 Å². The van der Waals surface area contributed by atoms with Crippen molar-refractivity contribution in [3.05, 3.63) is 0 Å². The van der Waals surface area contributed by atoms with Crippen LogP contribution < -0.4 is 0 Å². The Morgan fingerprint density at radius 1 is 1.36 bits per heavy atom. The van der Waals surface area contributed by atoms with Gasteiger partial charge in [0, 0.05) is 19.8 Å². The second kappa shape index (κ2) is 5.56. The maximum atomic E-state index is 9.03. The number of hydrogen-bond acceptors (Lipinski definition) is 2.